The Morgan fingerprint density at radius 1 is 1.02 bits per heavy atom. The number of benzene rings is 2. The summed E-state index contributed by atoms with van der Waals surface area (Å²) in [4.78, 5) is 28.4. The van der Waals surface area contributed by atoms with E-state index in [2.05, 4.69) is 33.1 Å². The predicted octanol–water partition coefficient (Wildman–Crippen LogP) is 5.93. The summed E-state index contributed by atoms with van der Waals surface area (Å²) in [6, 6.07) is 14.6. The van der Waals surface area contributed by atoms with Gasteiger partial charge in [-0.15, -0.1) is 0 Å². The molecule has 0 saturated heterocycles. The molecular weight excluding hydrogens is 570 g/mol. The lowest BCUT2D eigenvalue weighted by Gasteiger charge is -2.31. The number of nitrogen functional groups attached to an aromatic ring is 1. The summed E-state index contributed by atoms with van der Waals surface area (Å²) < 4.78 is 17.3. The molecule has 0 amide bonds. The molecule has 2 aromatic carbocycles. The largest absolute Gasteiger partial charge is 0.493 e. The van der Waals surface area contributed by atoms with Crippen LogP contribution in [0, 0.1) is 6.92 Å². The van der Waals surface area contributed by atoms with E-state index in [1.54, 1.807) is 20.2 Å². The molecule has 0 fully saturated rings. The van der Waals surface area contributed by atoms with Crippen LogP contribution in [0.3, 0.4) is 0 Å². The molecule has 1 atom stereocenters. The van der Waals surface area contributed by atoms with E-state index in [1.165, 1.54) is 11.1 Å². The van der Waals surface area contributed by atoms with Gasteiger partial charge < -0.3 is 30.0 Å². The summed E-state index contributed by atoms with van der Waals surface area (Å²) in [6.45, 7) is 9.48. The summed E-state index contributed by atoms with van der Waals surface area (Å²) in [5, 5.41) is 10.5. The van der Waals surface area contributed by atoms with Crippen molar-refractivity contribution in [2.45, 2.75) is 65.2 Å². The van der Waals surface area contributed by atoms with E-state index in [-0.39, 0.29) is 0 Å². The minimum atomic E-state index is -1.25. The van der Waals surface area contributed by atoms with Crippen LogP contribution in [-0.2, 0) is 28.9 Å². The van der Waals surface area contributed by atoms with Gasteiger partial charge in [0.05, 0.1) is 19.3 Å². The van der Waals surface area contributed by atoms with Gasteiger partial charge in [-0.2, -0.15) is 4.98 Å². The molecule has 234 valence electrons. The van der Waals surface area contributed by atoms with Crippen LogP contribution in [-0.4, -0.2) is 51.9 Å². The molecule has 0 spiro atoms. The second-order valence-corrected chi connectivity index (χ2v) is 12.5. The zero-order valence-electron chi connectivity index (χ0n) is 26.4. The van der Waals surface area contributed by atoms with Crippen molar-refractivity contribution in [1.29, 1.82) is 0 Å². The van der Waals surface area contributed by atoms with Crippen molar-refractivity contribution in [2.75, 3.05) is 30.9 Å². The molecule has 45 heavy (non-hydrogen) atoms. The number of aryl methyl sites for hydroxylation is 2. The van der Waals surface area contributed by atoms with Crippen molar-refractivity contribution in [3.63, 3.8) is 0 Å². The number of aliphatic carboxylic acids is 1. The first kappa shape index (κ1) is 30.3. The minimum absolute atomic E-state index is 0.336. The van der Waals surface area contributed by atoms with Gasteiger partial charge in [0.2, 0.25) is 0 Å². The summed E-state index contributed by atoms with van der Waals surface area (Å²) in [5.41, 5.74) is 13.6. The van der Waals surface area contributed by atoms with Gasteiger partial charge in [-0.1, -0.05) is 24.3 Å². The zero-order chi connectivity index (χ0) is 31.9. The van der Waals surface area contributed by atoms with Crippen LogP contribution >= 0.6 is 0 Å². The van der Waals surface area contributed by atoms with Crippen molar-refractivity contribution < 1.29 is 24.1 Å². The van der Waals surface area contributed by atoms with E-state index >= 15 is 0 Å². The van der Waals surface area contributed by atoms with E-state index < -0.39 is 17.7 Å². The molecule has 0 saturated carbocycles. The Kier molecular flexibility index (Phi) is 8.09. The Bertz CT molecular complexity index is 1770. The number of methoxy groups -OCH3 is 1. The van der Waals surface area contributed by atoms with Crippen LogP contribution in [0.5, 0.6) is 11.8 Å². The second kappa shape index (κ2) is 12.0. The molecule has 6 rings (SSSR count). The average Bonchev–Trinajstić information content (AvgIpc) is 3.02. The normalized spacial score (nSPS) is 15.1. The van der Waals surface area contributed by atoms with Crippen LogP contribution in [0.15, 0.2) is 48.7 Å². The standard InChI is InChI=1S/C35H39N5O5/c1-20-28(31(33(41)42)45-35(2,3)4)29(23-10-11-26-22(18-23)7-6-16-44-26)30(32(36)38-20)24-8-9-25-19-40(15-13-21(25)17-24)27-12-14-37-34(39-27)43-5/h8-12,14,17-18,31H,6-7,13,15-16,19H2,1-5H3,(H2,36,38)(H,41,42). The number of ether oxygens (including phenoxy) is 3. The molecule has 10 nitrogen and oxygen atoms in total. The number of carbonyl (C=O) groups is 1. The molecule has 0 aliphatic carbocycles. The number of fused-ring (bicyclic) bond motifs is 2. The van der Waals surface area contributed by atoms with Crippen molar-refractivity contribution in [3.8, 4) is 34.0 Å². The molecular formula is C35H39N5O5. The minimum Gasteiger partial charge on any atom is -0.493 e. The van der Waals surface area contributed by atoms with E-state index in [0.29, 0.717) is 41.8 Å². The number of pyridine rings is 1. The first-order valence-electron chi connectivity index (χ1n) is 15.2. The van der Waals surface area contributed by atoms with Gasteiger partial charge in [-0.3, -0.25) is 0 Å². The maximum absolute atomic E-state index is 12.8. The monoisotopic (exact) mass is 609 g/mol. The summed E-state index contributed by atoms with van der Waals surface area (Å²) in [7, 11) is 1.56. The number of hydrogen-bond donors (Lipinski definition) is 2. The second-order valence-electron chi connectivity index (χ2n) is 12.5. The average molecular weight is 610 g/mol. The SMILES string of the molecule is COc1nccc(N2CCc3cc(-c4c(N)nc(C)c(C(OC(C)(C)C)C(=O)O)c4-c4ccc5c(c4)CCCO5)ccc3C2)n1. The highest BCUT2D eigenvalue weighted by Gasteiger charge is 2.34. The molecule has 0 radical (unpaired) electrons. The summed E-state index contributed by atoms with van der Waals surface area (Å²) in [5.74, 6) is 0.920. The predicted molar refractivity (Wildman–Crippen MR) is 173 cm³/mol. The van der Waals surface area contributed by atoms with Gasteiger partial charge in [0.25, 0.3) is 0 Å². The van der Waals surface area contributed by atoms with Crippen LogP contribution in [0.1, 0.15) is 61.2 Å². The number of hydrogen-bond acceptors (Lipinski definition) is 9. The van der Waals surface area contributed by atoms with Crippen LogP contribution in [0.25, 0.3) is 22.3 Å². The molecule has 4 aromatic rings. The highest BCUT2D eigenvalue weighted by atomic mass is 16.5. The van der Waals surface area contributed by atoms with E-state index in [1.807, 2.05) is 45.0 Å². The van der Waals surface area contributed by atoms with E-state index in [4.69, 9.17) is 24.9 Å². The van der Waals surface area contributed by atoms with Gasteiger partial charge in [0.15, 0.2) is 6.10 Å². The number of aromatic nitrogens is 3. The third-order valence-electron chi connectivity index (χ3n) is 8.24. The maximum atomic E-state index is 12.8. The number of carboxylic acids is 1. The molecule has 10 heteroatoms. The van der Waals surface area contributed by atoms with E-state index in [0.717, 1.165) is 59.6 Å². The third kappa shape index (κ3) is 6.15. The third-order valence-corrected chi connectivity index (χ3v) is 8.24. The maximum Gasteiger partial charge on any atom is 0.337 e. The van der Waals surface area contributed by atoms with E-state index in [9.17, 15) is 9.90 Å². The number of rotatable bonds is 7. The number of nitrogens with two attached hydrogens (primary N) is 1. The quantitative estimate of drug-likeness (QED) is 0.260. The van der Waals surface area contributed by atoms with Gasteiger partial charge in [0, 0.05) is 41.7 Å². The Hall–Kier alpha value is -4.70. The fourth-order valence-electron chi connectivity index (χ4n) is 6.27. The van der Waals surface area contributed by atoms with Crippen LogP contribution < -0.4 is 20.1 Å². The number of nitrogens with zero attached hydrogens (tertiary/aromatic N) is 4. The van der Waals surface area contributed by atoms with Gasteiger partial charge in [0.1, 0.15) is 17.4 Å². The highest BCUT2D eigenvalue weighted by Crippen LogP contribution is 2.45. The number of anilines is 2. The Morgan fingerprint density at radius 2 is 1.78 bits per heavy atom. The lowest BCUT2D eigenvalue weighted by molar-refractivity contribution is -0.160. The van der Waals surface area contributed by atoms with Crippen LogP contribution in [0.4, 0.5) is 11.6 Å². The zero-order valence-corrected chi connectivity index (χ0v) is 26.4. The molecule has 2 aliphatic rings. The molecule has 3 N–H and O–H groups in total. The molecule has 4 heterocycles. The highest BCUT2D eigenvalue weighted by molar-refractivity contribution is 5.95. The fourth-order valence-corrected chi connectivity index (χ4v) is 6.27. The molecule has 0 bridgehead atoms. The van der Waals surface area contributed by atoms with Crippen molar-refractivity contribution >= 4 is 17.6 Å². The Labute approximate surface area is 263 Å². The lowest BCUT2D eigenvalue weighted by Crippen LogP contribution is -2.31. The van der Waals surface area contributed by atoms with Gasteiger partial charge in [-0.05, 0) is 93.0 Å². The first-order chi connectivity index (χ1) is 21.5. The Balaban J connectivity index is 1.50. The smallest absolute Gasteiger partial charge is 0.337 e. The summed E-state index contributed by atoms with van der Waals surface area (Å²) >= 11 is 0. The van der Waals surface area contributed by atoms with Crippen LogP contribution in [0.2, 0.25) is 0 Å². The Morgan fingerprint density at radius 3 is 2.53 bits per heavy atom. The first-order valence-corrected chi connectivity index (χ1v) is 15.2. The summed E-state index contributed by atoms with van der Waals surface area (Å²) in [6.07, 6.45) is 3.03. The lowest BCUT2D eigenvalue weighted by atomic mass is 9.85. The fraction of sp³-hybridized carbons (Fsp3) is 0.371. The van der Waals surface area contributed by atoms with Crippen molar-refractivity contribution in [3.05, 3.63) is 76.6 Å². The molecule has 1 unspecified atom stereocenters. The molecule has 2 aliphatic heterocycles. The molecule has 2 aromatic heterocycles. The topological polar surface area (TPSA) is 133 Å². The number of carboxylic acid groups (broad SMARTS) is 1. The van der Waals surface area contributed by atoms with Gasteiger partial charge >= 0.3 is 12.0 Å². The van der Waals surface area contributed by atoms with Crippen molar-refractivity contribution in [1.82, 2.24) is 15.0 Å². The van der Waals surface area contributed by atoms with Gasteiger partial charge in [-0.25, -0.2) is 14.8 Å². The van der Waals surface area contributed by atoms with Crippen molar-refractivity contribution in [2.24, 2.45) is 0 Å².